The SMILES string of the molecule is COc1ccc(C2(C(=O)Nc3ccc(C)c(-c4ccc(C=O)cc4Cl)c3)CC2)cc1. The predicted molar refractivity (Wildman–Crippen MR) is 120 cm³/mol. The summed E-state index contributed by atoms with van der Waals surface area (Å²) in [5, 5.41) is 3.58. The van der Waals surface area contributed by atoms with Gasteiger partial charge in [-0.3, -0.25) is 9.59 Å². The van der Waals surface area contributed by atoms with E-state index in [9.17, 15) is 9.59 Å². The second kappa shape index (κ2) is 7.96. The first-order valence-electron chi connectivity index (χ1n) is 9.78. The maximum atomic E-state index is 13.1. The number of anilines is 1. The highest BCUT2D eigenvalue weighted by atomic mass is 35.5. The number of aryl methyl sites for hydroxylation is 1. The van der Waals surface area contributed by atoms with Gasteiger partial charge in [0.2, 0.25) is 5.91 Å². The van der Waals surface area contributed by atoms with Crippen molar-refractivity contribution in [3.05, 3.63) is 82.4 Å². The van der Waals surface area contributed by atoms with E-state index in [2.05, 4.69) is 5.32 Å². The molecule has 1 fully saturated rings. The molecular formula is C25H22ClNO3. The number of halogens is 1. The number of aldehydes is 1. The van der Waals surface area contributed by atoms with Crippen molar-refractivity contribution in [2.75, 3.05) is 12.4 Å². The van der Waals surface area contributed by atoms with E-state index in [-0.39, 0.29) is 5.91 Å². The lowest BCUT2D eigenvalue weighted by Gasteiger charge is -2.17. The average molecular weight is 420 g/mol. The molecule has 1 aliphatic carbocycles. The van der Waals surface area contributed by atoms with E-state index in [1.165, 1.54) is 0 Å². The lowest BCUT2D eigenvalue weighted by molar-refractivity contribution is -0.118. The van der Waals surface area contributed by atoms with Crippen LogP contribution in [0.25, 0.3) is 11.1 Å². The number of hydrogen-bond acceptors (Lipinski definition) is 3. The molecule has 0 spiro atoms. The molecule has 4 rings (SSSR count). The number of nitrogens with one attached hydrogen (secondary N) is 1. The molecule has 0 radical (unpaired) electrons. The molecule has 152 valence electrons. The molecule has 4 nitrogen and oxygen atoms in total. The number of carbonyl (C=O) groups excluding carboxylic acids is 2. The van der Waals surface area contributed by atoms with Crippen LogP contribution in [0.1, 0.15) is 34.3 Å². The Labute approximate surface area is 180 Å². The fraction of sp³-hybridized carbons (Fsp3) is 0.200. The van der Waals surface area contributed by atoms with Crippen LogP contribution in [0.4, 0.5) is 5.69 Å². The average Bonchev–Trinajstić information content (AvgIpc) is 3.57. The Bertz CT molecular complexity index is 1120. The molecule has 3 aromatic rings. The number of rotatable bonds is 6. The van der Waals surface area contributed by atoms with Crippen LogP contribution in [-0.4, -0.2) is 19.3 Å². The molecule has 0 bridgehead atoms. The van der Waals surface area contributed by atoms with Crippen molar-refractivity contribution >= 4 is 29.5 Å². The summed E-state index contributed by atoms with van der Waals surface area (Å²) in [5.41, 5.74) is 4.54. The predicted octanol–water partition coefficient (Wildman–Crippen LogP) is 5.81. The summed E-state index contributed by atoms with van der Waals surface area (Å²) in [6.07, 6.45) is 2.42. The first kappa shape index (κ1) is 20.2. The van der Waals surface area contributed by atoms with Crippen LogP contribution in [0, 0.1) is 6.92 Å². The van der Waals surface area contributed by atoms with Crippen LogP contribution in [0.5, 0.6) is 5.75 Å². The van der Waals surface area contributed by atoms with E-state index < -0.39 is 5.41 Å². The molecule has 0 atom stereocenters. The van der Waals surface area contributed by atoms with Crippen molar-refractivity contribution in [3.8, 4) is 16.9 Å². The number of hydrogen-bond donors (Lipinski definition) is 1. The van der Waals surface area contributed by atoms with Gasteiger partial charge in [0, 0.05) is 21.8 Å². The van der Waals surface area contributed by atoms with Crippen LogP contribution in [0.3, 0.4) is 0 Å². The van der Waals surface area contributed by atoms with E-state index in [1.807, 2.05) is 55.5 Å². The highest BCUT2D eigenvalue weighted by Crippen LogP contribution is 2.49. The van der Waals surface area contributed by atoms with E-state index in [0.29, 0.717) is 10.6 Å². The van der Waals surface area contributed by atoms with Gasteiger partial charge in [0.25, 0.3) is 0 Å². The van der Waals surface area contributed by atoms with Crippen LogP contribution in [-0.2, 0) is 10.2 Å². The Morgan fingerprint density at radius 3 is 2.37 bits per heavy atom. The molecule has 1 aliphatic rings. The van der Waals surface area contributed by atoms with Gasteiger partial charge in [-0.15, -0.1) is 0 Å². The Morgan fingerprint density at radius 1 is 1.03 bits per heavy atom. The number of carbonyl (C=O) groups is 2. The lowest BCUT2D eigenvalue weighted by Crippen LogP contribution is -2.27. The first-order valence-corrected chi connectivity index (χ1v) is 10.2. The molecule has 0 saturated heterocycles. The van der Waals surface area contributed by atoms with Gasteiger partial charge in [-0.05, 0) is 66.8 Å². The standard InChI is InChI=1S/C25H22ClNO3/c1-16-3-7-19(14-22(16)21-10-4-17(15-28)13-23(21)26)27-24(29)25(11-12-25)18-5-8-20(30-2)9-6-18/h3-10,13-15H,11-12H2,1-2H3,(H,27,29). The van der Waals surface area contributed by atoms with Gasteiger partial charge < -0.3 is 10.1 Å². The fourth-order valence-corrected chi connectivity index (χ4v) is 4.04. The zero-order valence-corrected chi connectivity index (χ0v) is 17.6. The molecule has 30 heavy (non-hydrogen) atoms. The van der Waals surface area contributed by atoms with Crippen LogP contribution < -0.4 is 10.1 Å². The Balaban J connectivity index is 1.60. The van der Waals surface area contributed by atoms with Crippen molar-refractivity contribution in [3.63, 3.8) is 0 Å². The zero-order chi connectivity index (χ0) is 21.3. The number of amides is 1. The van der Waals surface area contributed by atoms with Crippen molar-refractivity contribution in [2.45, 2.75) is 25.2 Å². The van der Waals surface area contributed by atoms with Gasteiger partial charge in [-0.25, -0.2) is 0 Å². The molecule has 0 unspecified atom stereocenters. The second-order valence-corrected chi connectivity index (χ2v) is 8.06. The minimum absolute atomic E-state index is 0.00938. The number of ether oxygens (including phenoxy) is 1. The van der Waals surface area contributed by atoms with Crippen molar-refractivity contribution in [2.24, 2.45) is 0 Å². The molecule has 0 heterocycles. The van der Waals surface area contributed by atoms with E-state index in [1.54, 1.807) is 19.2 Å². The Hall–Kier alpha value is -3.11. The van der Waals surface area contributed by atoms with E-state index in [4.69, 9.17) is 16.3 Å². The molecule has 0 aliphatic heterocycles. The fourth-order valence-electron chi connectivity index (χ4n) is 3.75. The second-order valence-electron chi connectivity index (χ2n) is 7.65. The maximum Gasteiger partial charge on any atom is 0.235 e. The maximum absolute atomic E-state index is 13.1. The number of methoxy groups -OCH3 is 1. The highest BCUT2D eigenvalue weighted by molar-refractivity contribution is 6.33. The van der Waals surface area contributed by atoms with Gasteiger partial charge in [0.15, 0.2) is 0 Å². The molecule has 1 saturated carbocycles. The summed E-state index contributed by atoms with van der Waals surface area (Å²) >= 11 is 6.40. The molecule has 0 aromatic heterocycles. The largest absolute Gasteiger partial charge is 0.497 e. The van der Waals surface area contributed by atoms with Gasteiger partial charge >= 0.3 is 0 Å². The third-order valence-electron chi connectivity index (χ3n) is 5.74. The van der Waals surface area contributed by atoms with E-state index >= 15 is 0 Å². The summed E-state index contributed by atoms with van der Waals surface area (Å²) in [6, 6.07) is 18.7. The minimum Gasteiger partial charge on any atom is -0.497 e. The zero-order valence-electron chi connectivity index (χ0n) is 16.9. The molecule has 1 N–H and O–H groups in total. The Morgan fingerprint density at radius 2 is 1.77 bits per heavy atom. The minimum atomic E-state index is -0.486. The van der Waals surface area contributed by atoms with Gasteiger partial charge in [-0.2, -0.15) is 0 Å². The molecule has 1 amide bonds. The summed E-state index contributed by atoms with van der Waals surface area (Å²) in [5.74, 6) is 0.764. The summed E-state index contributed by atoms with van der Waals surface area (Å²) in [6.45, 7) is 1.99. The topological polar surface area (TPSA) is 55.4 Å². The normalized spacial score (nSPS) is 14.1. The van der Waals surface area contributed by atoms with Crippen molar-refractivity contribution < 1.29 is 14.3 Å². The molecule has 3 aromatic carbocycles. The first-order chi connectivity index (χ1) is 14.5. The monoisotopic (exact) mass is 419 g/mol. The smallest absolute Gasteiger partial charge is 0.235 e. The van der Waals surface area contributed by atoms with Crippen molar-refractivity contribution in [1.82, 2.24) is 0 Å². The third kappa shape index (κ3) is 3.71. The van der Waals surface area contributed by atoms with Crippen LogP contribution in [0.2, 0.25) is 5.02 Å². The molecular weight excluding hydrogens is 398 g/mol. The van der Waals surface area contributed by atoms with Crippen LogP contribution in [0.15, 0.2) is 60.7 Å². The lowest BCUT2D eigenvalue weighted by atomic mass is 9.94. The number of benzene rings is 3. The summed E-state index contributed by atoms with van der Waals surface area (Å²) in [4.78, 5) is 24.1. The van der Waals surface area contributed by atoms with Crippen LogP contribution >= 0.6 is 11.6 Å². The Kier molecular flexibility index (Phi) is 5.35. The van der Waals surface area contributed by atoms with Gasteiger partial charge in [-0.1, -0.05) is 41.9 Å². The summed E-state index contributed by atoms with van der Waals surface area (Å²) in [7, 11) is 1.63. The highest BCUT2D eigenvalue weighted by Gasteiger charge is 2.51. The summed E-state index contributed by atoms with van der Waals surface area (Å²) < 4.78 is 5.22. The van der Waals surface area contributed by atoms with Crippen molar-refractivity contribution in [1.29, 1.82) is 0 Å². The third-order valence-corrected chi connectivity index (χ3v) is 6.05. The van der Waals surface area contributed by atoms with Gasteiger partial charge in [0.1, 0.15) is 12.0 Å². The van der Waals surface area contributed by atoms with Gasteiger partial charge in [0.05, 0.1) is 12.5 Å². The van der Waals surface area contributed by atoms with E-state index in [0.717, 1.165) is 52.8 Å². The molecule has 5 heteroatoms. The quantitative estimate of drug-likeness (QED) is 0.513.